The molecule has 2 aliphatic rings. The zero-order chi connectivity index (χ0) is 16.0. The van der Waals surface area contributed by atoms with Gasteiger partial charge in [0.1, 0.15) is 5.76 Å². The van der Waals surface area contributed by atoms with Crippen LogP contribution < -0.4 is 0 Å². The van der Waals surface area contributed by atoms with Gasteiger partial charge in [-0.15, -0.1) is 0 Å². The van der Waals surface area contributed by atoms with Gasteiger partial charge in [-0.05, 0) is 38.7 Å². The van der Waals surface area contributed by atoms with E-state index in [1.54, 1.807) is 0 Å². The van der Waals surface area contributed by atoms with Crippen LogP contribution in [0.25, 0.3) is 0 Å². The van der Waals surface area contributed by atoms with Gasteiger partial charge in [0.25, 0.3) is 5.91 Å². The van der Waals surface area contributed by atoms with Crippen molar-refractivity contribution in [2.24, 2.45) is 0 Å². The standard InChI is InChI=1S/C19H22N2O2/c1-12-3-5-14(6-4-12)16-9-13(2)21(11-16)19(22)17-10-18(23-20-17)15-7-8-15/h3-6,10,13,15-16H,7-9,11H2,1-2H3/t13-,16+/m1/s1. The Labute approximate surface area is 136 Å². The molecule has 2 aromatic rings. The summed E-state index contributed by atoms with van der Waals surface area (Å²) in [6.07, 6.45) is 3.30. The highest BCUT2D eigenvalue weighted by atomic mass is 16.5. The SMILES string of the molecule is Cc1ccc([C@H]2C[C@@H](C)N(C(=O)c3cc(C4CC4)on3)C2)cc1. The summed E-state index contributed by atoms with van der Waals surface area (Å²) in [7, 11) is 0. The minimum absolute atomic E-state index is 0.00256. The van der Waals surface area contributed by atoms with Gasteiger partial charge >= 0.3 is 0 Å². The fourth-order valence-corrected chi connectivity index (χ4v) is 3.49. The van der Waals surface area contributed by atoms with E-state index >= 15 is 0 Å². The van der Waals surface area contributed by atoms with Crippen molar-refractivity contribution in [3.63, 3.8) is 0 Å². The zero-order valence-electron chi connectivity index (χ0n) is 13.7. The molecule has 0 unspecified atom stereocenters. The third kappa shape index (κ3) is 2.78. The maximum atomic E-state index is 12.7. The van der Waals surface area contributed by atoms with Crippen molar-refractivity contribution >= 4 is 5.91 Å². The molecule has 23 heavy (non-hydrogen) atoms. The summed E-state index contributed by atoms with van der Waals surface area (Å²) in [5.41, 5.74) is 3.04. The first-order chi connectivity index (χ1) is 11.1. The largest absolute Gasteiger partial charge is 0.360 e. The maximum Gasteiger partial charge on any atom is 0.276 e. The predicted octanol–water partition coefficient (Wildman–Crippen LogP) is 3.88. The van der Waals surface area contributed by atoms with Gasteiger partial charge in [0.15, 0.2) is 5.69 Å². The summed E-state index contributed by atoms with van der Waals surface area (Å²) < 4.78 is 5.33. The third-order valence-electron chi connectivity index (χ3n) is 5.11. The fraction of sp³-hybridized carbons (Fsp3) is 0.474. The molecule has 4 heteroatoms. The molecule has 1 aromatic carbocycles. The number of hydrogen-bond donors (Lipinski definition) is 0. The Morgan fingerprint density at radius 3 is 2.65 bits per heavy atom. The second-order valence-corrected chi connectivity index (χ2v) is 7.04. The number of carbonyl (C=O) groups is 1. The summed E-state index contributed by atoms with van der Waals surface area (Å²) in [5, 5.41) is 4.00. The number of aryl methyl sites for hydroxylation is 1. The quantitative estimate of drug-likeness (QED) is 0.864. The summed E-state index contributed by atoms with van der Waals surface area (Å²) in [6.45, 7) is 4.97. The predicted molar refractivity (Wildman–Crippen MR) is 87.5 cm³/mol. The lowest BCUT2D eigenvalue weighted by atomic mass is 9.96. The smallest absolute Gasteiger partial charge is 0.276 e. The van der Waals surface area contributed by atoms with Crippen LogP contribution in [0.1, 0.15) is 65.4 Å². The topological polar surface area (TPSA) is 46.3 Å². The van der Waals surface area contributed by atoms with E-state index in [1.807, 2.05) is 11.0 Å². The summed E-state index contributed by atoms with van der Waals surface area (Å²) in [4.78, 5) is 14.7. The van der Waals surface area contributed by atoms with E-state index in [9.17, 15) is 4.79 Å². The van der Waals surface area contributed by atoms with E-state index in [0.717, 1.165) is 31.6 Å². The lowest BCUT2D eigenvalue weighted by Gasteiger charge is -2.19. The molecular weight excluding hydrogens is 288 g/mol. The normalized spacial score (nSPS) is 24.2. The van der Waals surface area contributed by atoms with E-state index in [4.69, 9.17) is 4.52 Å². The molecule has 2 fully saturated rings. The number of hydrogen-bond acceptors (Lipinski definition) is 3. The Kier molecular flexibility index (Phi) is 3.47. The lowest BCUT2D eigenvalue weighted by molar-refractivity contribution is 0.0735. The second-order valence-electron chi connectivity index (χ2n) is 7.04. The Bertz CT molecular complexity index is 715. The Morgan fingerprint density at radius 1 is 1.22 bits per heavy atom. The van der Waals surface area contributed by atoms with Crippen LogP contribution in [0.4, 0.5) is 0 Å². The van der Waals surface area contributed by atoms with Crippen LogP contribution in [0.3, 0.4) is 0 Å². The molecule has 0 bridgehead atoms. The minimum atomic E-state index is 0.00256. The van der Waals surface area contributed by atoms with Gasteiger partial charge in [-0.1, -0.05) is 35.0 Å². The molecular formula is C19H22N2O2. The number of amides is 1. The molecule has 2 atom stereocenters. The average Bonchev–Trinajstić information content (AvgIpc) is 3.15. The second kappa shape index (κ2) is 5.52. The first-order valence-electron chi connectivity index (χ1n) is 8.46. The van der Waals surface area contributed by atoms with Crippen LogP contribution in [0, 0.1) is 6.92 Å². The van der Waals surface area contributed by atoms with Crippen molar-refractivity contribution in [3.8, 4) is 0 Å². The van der Waals surface area contributed by atoms with Crippen LogP contribution in [-0.4, -0.2) is 28.6 Å². The monoisotopic (exact) mass is 310 g/mol. The van der Waals surface area contributed by atoms with E-state index in [-0.39, 0.29) is 11.9 Å². The van der Waals surface area contributed by atoms with Gasteiger partial charge in [-0.25, -0.2) is 0 Å². The van der Waals surface area contributed by atoms with Crippen molar-refractivity contribution < 1.29 is 9.32 Å². The fourth-order valence-electron chi connectivity index (χ4n) is 3.49. The molecule has 0 spiro atoms. The third-order valence-corrected chi connectivity index (χ3v) is 5.11. The number of likely N-dealkylation sites (tertiary alicyclic amines) is 1. The van der Waals surface area contributed by atoms with Gasteiger partial charge in [0.2, 0.25) is 0 Å². The number of nitrogens with zero attached hydrogens (tertiary/aromatic N) is 2. The van der Waals surface area contributed by atoms with Crippen LogP contribution in [0.2, 0.25) is 0 Å². The highest BCUT2D eigenvalue weighted by Gasteiger charge is 2.36. The average molecular weight is 310 g/mol. The Hall–Kier alpha value is -2.10. The summed E-state index contributed by atoms with van der Waals surface area (Å²) in [5.74, 6) is 1.77. The number of benzene rings is 1. The number of rotatable bonds is 3. The van der Waals surface area contributed by atoms with Crippen molar-refractivity contribution in [1.29, 1.82) is 0 Å². The van der Waals surface area contributed by atoms with Crippen molar-refractivity contribution in [3.05, 3.63) is 52.9 Å². The van der Waals surface area contributed by atoms with Crippen LogP contribution in [0.5, 0.6) is 0 Å². The number of carbonyl (C=O) groups excluding carboxylic acids is 1. The molecule has 1 aliphatic carbocycles. The number of aromatic nitrogens is 1. The maximum absolute atomic E-state index is 12.7. The van der Waals surface area contributed by atoms with Gasteiger partial charge < -0.3 is 9.42 Å². The van der Waals surface area contributed by atoms with Crippen LogP contribution in [-0.2, 0) is 0 Å². The van der Waals surface area contributed by atoms with Crippen LogP contribution in [0.15, 0.2) is 34.9 Å². The van der Waals surface area contributed by atoms with E-state index in [2.05, 4.69) is 43.3 Å². The summed E-state index contributed by atoms with van der Waals surface area (Å²) in [6, 6.07) is 10.7. The van der Waals surface area contributed by atoms with Gasteiger partial charge in [-0.3, -0.25) is 4.79 Å². The molecule has 1 aromatic heterocycles. The van der Waals surface area contributed by atoms with Crippen LogP contribution >= 0.6 is 0 Å². The molecule has 120 valence electrons. The van der Waals surface area contributed by atoms with Gasteiger partial charge in [0.05, 0.1) is 0 Å². The van der Waals surface area contributed by atoms with Crippen molar-refractivity contribution in [2.45, 2.75) is 51.0 Å². The van der Waals surface area contributed by atoms with Gasteiger partial charge in [-0.2, -0.15) is 0 Å². The Balaban J connectivity index is 1.49. The molecule has 0 radical (unpaired) electrons. The molecule has 4 nitrogen and oxygen atoms in total. The molecule has 1 saturated heterocycles. The molecule has 1 amide bonds. The van der Waals surface area contributed by atoms with Crippen molar-refractivity contribution in [2.75, 3.05) is 6.54 Å². The molecule has 1 aliphatic heterocycles. The van der Waals surface area contributed by atoms with E-state index < -0.39 is 0 Å². The zero-order valence-corrected chi connectivity index (χ0v) is 13.7. The lowest BCUT2D eigenvalue weighted by Crippen LogP contribution is -2.34. The van der Waals surface area contributed by atoms with E-state index in [1.165, 1.54) is 11.1 Å². The van der Waals surface area contributed by atoms with E-state index in [0.29, 0.717) is 17.5 Å². The first kappa shape index (κ1) is 14.5. The van der Waals surface area contributed by atoms with Crippen molar-refractivity contribution in [1.82, 2.24) is 10.1 Å². The Morgan fingerprint density at radius 2 is 1.96 bits per heavy atom. The molecule has 2 heterocycles. The molecule has 0 N–H and O–H groups in total. The first-order valence-corrected chi connectivity index (χ1v) is 8.46. The highest BCUT2D eigenvalue weighted by molar-refractivity contribution is 5.92. The summed E-state index contributed by atoms with van der Waals surface area (Å²) >= 11 is 0. The molecule has 4 rings (SSSR count). The van der Waals surface area contributed by atoms with Gasteiger partial charge in [0, 0.05) is 30.5 Å². The molecule has 1 saturated carbocycles. The minimum Gasteiger partial charge on any atom is -0.360 e. The highest BCUT2D eigenvalue weighted by Crippen LogP contribution is 2.40.